The predicted octanol–water partition coefficient (Wildman–Crippen LogP) is 3.85. The number of rotatable bonds is 10. The summed E-state index contributed by atoms with van der Waals surface area (Å²) < 4.78 is 46.4. The summed E-state index contributed by atoms with van der Waals surface area (Å²) in [4.78, 5) is 1.99. The summed E-state index contributed by atoms with van der Waals surface area (Å²) in [5.41, 5.74) is 0.496. The monoisotopic (exact) mass is 467 g/mol. The highest BCUT2D eigenvalue weighted by Crippen LogP contribution is 2.37. The number of ether oxygens (including phenoxy) is 1. The van der Waals surface area contributed by atoms with Crippen LogP contribution in [0.5, 0.6) is 0 Å². The van der Waals surface area contributed by atoms with Crippen LogP contribution in [-0.2, 0) is 17.5 Å². The fourth-order valence-corrected chi connectivity index (χ4v) is 4.23. The molecule has 0 bridgehead atoms. The Bertz CT molecular complexity index is 862. The lowest BCUT2D eigenvalue weighted by Crippen LogP contribution is -2.53. The largest absolute Gasteiger partial charge is 0.417 e. The van der Waals surface area contributed by atoms with Crippen molar-refractivity contribution in [1.29, 1.82) is 0 Å². The molecule has 2 aromatic carbocycles. The van der Waals surface area contributed by atoms with E-state index in [9.17, 15) is 28.5 Å². The summed E-state index contributed by atoms with van der Waals surface area (Å²) in [6.07, 6.45) is -3.25. The van der Waals surface area contributed by atoms with Crippen LogP contribution in [0.3, 0.4) is 0 Å². The maximum atomic E-state index is 13.6. The number of likely N-dealkylation sites (tertiary alicyclic amines) is 1. The van der Waals surface area contributed by atoms with Gasteiger partial charge in [-0.3, -0.25) is 4.90 Å². The highest BCUT2D eigenvalue weighted by atomic mass is 19.4. The second-order valence-electron chi connectivity index (χ2n) is 8.56. The number of alkyl halides is 3. The number of piperidine rings is 1. The average molecular weight is 468 g/mol. The van der Waals surface area contributed by atoms with Crippen molar-refractivity contribution in [2.24, 2.45) is 0 Å². The molecule has 3 rings (SSSR count). The van der Waals surface area contributed by atoms with E-state index in [1.54, 1.807) is 36.4 Å². The average Bonchev–Trinajstić information content (AvgIpc) is 2.80. The second-order valence-corrected chi connectivity index (χ2v) is 8.56. The van der Waals surface area contributed by atoms with Crippen LogP contribution >= 0.6 is 0 Å². The molecule has 3 atom stereocenters. The summed E-state index contributed by atoms with van der Waals surface area (Å²) in [5.74, 6) is 0. The first-order valence-electron chi connectivity index (χ1n) is 11.3. The minimum Gasteiger partial charge on any atom is -0.395 e. The first kappa shape index (κ1) is 25.6. The van der Waals surface area contributed by atoms with Crippen LogP contribution in [0.25, 0.3) is 11.1 Å². The minimum atomic E-state index is -4.45. The van der Waals surface area contributed by atoms with Gasteiger partial charge in [0.1, 0.15) is 0 Å². The molecule has 1 aliphatic rings. The molecule has 0 saturated carbocycles. The van der Waals surface area contributed by atoms with Gasteiger partial charge in [-0.15, -0.1) is 0 Å². The standard InChI is InChI=1S/C25H32F3NO4/c26-25(27,28)22-13-18(9-10-21(22)19-7-3-1-4-8-19)17-33-12-6-2-5-11-29-15-24(32)23(31)14-20(29)16-30/h1,3-4,7-10,13,20,23-24,30-32H,2,5-6,11-12,14-17H2/t20-,23?,24+/m1/s1. The molecule has 1 saturated heterocycles. The molecule has 182 valence electrons. The van der Waals surface area contributed by atoms with Crippen molar-refractivity contribution in [2.75, 3.05) is 26.3 Å². The third-order valence-corrected chi connectivity index (χ3v) is 6.08. The number of aliphatic hydroxyl groups is 3. The van der Waals surface area contributed by atoms with Crippen molar-refractivity contribution >= 4 is 0 Å². The molecule has 1 unspecified atom stereocenters. The third-order valence-electron chi connectivity index (χ3n) is 6.08. The van der Waals surface area contributed by atoms with Crippen LogP contribution in [-0.4, -0.2) is 64.8 Å². The van der Waals surface area contributed by atoms with E-state index in [2.05, 4.69) is 0 Å². The fourth-order valence-electron chi connectivity index (χ4n) is 4.23. The topological polar surface area (TPSA) is 73.2 Å². The maximum absolute atomic E-state index is 13.6. The van der Waals surface area contributed by atoms with Crippen LogP contribution in [0.1, 0.15) is 36.8 Å². The van der Waals surface area contributed by atoms with Gasteiger partial charge >= 0.3 is 6.18 Å². The van der Waals surface area contributed by atoms with Gasteiger partial charge < -0.3 is 20.1 Å². The number of halogens is 3. The molecule has 1 heterocycles. The molecular formula is C25H32F3NO4. The Morgan fingerprint density at radius 2 is 1.73 bits per heavy atom. The van der Waals surface area contributed by atoms with Gasteiger partial charge in [0, 0.05) is 19.2 Å². The van der Waals surface area contributed by atoms with Gasteiger partial charge in [0.05, 0.1) is 31.0 Å². The molecule has 0 spiro atoms. The van der Waals surface area contributed by atoms with Gasteiger partial charge in [0.2, 0.25) is 0 Å². The van der Waals surface area contributed by atoms with Crippen molar-refractivity contribution in [3.05, 3.63) is 59.7 Å². The Labute approximate surface area is 192 Å². The van der Waals surface area contributed by atoms with Crippen molar-refractivity contribution in [3.63, 3.8) is 0 Å². The van der Waals surface area contributed by atoms with Crippen LogP contribution in [0.2, 0.25) is 0 Å². The molecule has 3 N–H and O–H groups in total. The Morgan fingerprint density at radius 1 is 0.970 bits per heavy atom. The lowest BCUT2D eigenvalue weighted by atomic mass is 9.97. The van der Waals surface area contributed by atoms with Gasteiger partial charge in [-0.05, 0) is 55.0 Å². The van der Waals surface area contributed by atoms with E-state index >= 15 is 0 Å². The van der Waals surface area contributed by atoms with Crippen LogP contribution in [0, 0.1) is 0 Å². The van der Waals surface area contributed by atoms with Crippen LogP contribution < -0.4 is 0 Å². The van der Waals surface area contributed by atoms with Crippen molar-refractivity contribution in [3.8, 4) is 11.1 Å². The van der Waals surface area contributed by atoms with E-state index in [0.29, 0.717) is 37.2 Å². The van der Waals surface area contributed by atoms with E-state index in [0.717, 1.165) is 25.3 Å². The molecule has 33 heavy (non-hydrogen) atoms. The fraction of sp³-hybridized carbons (Fsp3) is 0.520. The molecule has 0 radical (unpaired) electrons. The first-order valence-corrected chi connectivity index (χ1v) is 11.3. The van der Waals surface area contributed by atoms with Gasteiger partial charge in [-0.25, -0.2) is 0 Å². The normalized spacial score (nSPS) is 21.9. The maximum Gasteiger partial charge on any atom is 0.417 e. The Kier molecular flexibility index (Phi) is 9.28. The number of aliphatic hydroxyl groups excluding tert-OH is 3. The van der Waals surface area contributed by atoms with Gasteiger partial charge in [0.25, 0.3) is 0 Å². The smallest absolute Gasteiger partial charge is 0.395 e. The van der Waals surface area contributed by atoms with Crippen molar-refractivity contribution < 1.29 is 33.2 Å². The van der Waals surface area contributed by atoms with Gasteiger partial charge in [0.15, 0.2) is 0 Å². The molecule has 5 nitrogen and oxygen atoms in total. The number of unbranched alkanes of at least 4 members (excludes halogenated alkanes) is 2. The van der Waals surface area contributed by atoms with E-state index < -0.39 is 23.9 Å². The molecule has 0 aliphatic carbocycles. The molecule has 0 amide bonds. The number of hydrogen-bond acceptors (Lipinski definition) is 5. The zero-order chi connectivity index (χ0) is 23.8. The minimum absolute atomic E-state index is 0.0597. The molecule has 1 aliphatic heterocycles. The molecule has 8 heteroatoms. The van der Waals surface area contributed by atoms with Crippen LogP contribution in [0.4, 0.5) is 13.2 Å². The zero-order valence-corrected chi connectivity index (χ0v) is 18.5. The van der Waals surface area contributed by atoms with E-state index in [1.807, 2.05) is 4.90 Å². The molecule has 0 aromatic heterocycles. The number of hydrogen-bond donors (Lipinski definition) is 3. The second kappa shape index (κ2) is 11.9. The van der Waals surface area contributed by atoms with Crippen molar-refractivity contribution in [2.45, 2.75) is 56.7 Å². The summed E-state index contributed by atoms with van der Waals surface area (Å²) in [7, 11) is 0. The molecular weight excluding hydrogens is 435 g/mol. The van der Waals surface area contributed by atoms with E-state index in [1.165, 1.54) is 6.07 Å². The SMILES string of the molecule is OC[C@H]1CC(O)[C@@H](O)CN1CCCCCOCc1ccc(-c2ccccc2)c(C(F)(F)F)c1. The lowest BCUT2D eigenvalue weighted by Gasteiger charge is -2.39. The number of β-amino-alcohol motifs (C(OH)–C–C–N with tert-alkyl or cyclic N) is 1. The van der Waals surface area contributed by atoms with Crippen LogP contribution in [0.15, 0.2) is 48.5 Å². The van der Waals surface area contributed by atoms with Crippen molar-refractivity contribution in [1.82, 2.24) is 4.90 Å². The Balaban J connectivity index is 1.43. The molecule has 1 fully saturated rings. The highest BCUT2D eigenvalue weighted by Gasteiger charge is 2.34. The lowest BCUT2D eigenvalue weighted by molar-refractivity contribution is -0.137. The van der Waals surface area contributed by atoms with E-state index in [4.69, 9.17) is 4.74 Å². The Hall–Kier alpha value is -1.97. The third kappa shape index (κ3) is 7.25. The summed E-state index contributed by atoms with van der Waals surface area (Å²) >= 11 is 0. The number of nitrogens with zero attached hydrogens (tertiary/aromatic N) is 1. The summed E-state index contributed by atoms with van der Waals surface area (Å²) in [6, 6.07) is 12.7. The van der Waals surface area contributed by atoms with Gasteiger partial charge in [-0.1, -0.05) is 42.5 Å². The summed E-state index contributed by atoms with van der Waals surface area (Å²) in [5, 5.41) is 29.0. The quantitative estimate of drug-likeness (QED) is 0.463. The van der Waals surface area contributed by atoms with E-state index in [-0.39, 0.29) is 24.8 Å². The number of benzene rings is 2. The van der Waals surface area contributed by atoms with Gasteiger partial charge in [-0.2, -0.15) is 13.2 Å². The predicted molar refractivity (Wildman–Crippen MR) is 119 cm³/mol. The molecule has 2 aromatic rings. The highest BCUT2D eigenvalue weighted by molar-refractivity contribution is 5.68. The zero-order valence-electron chi connectivity index (χ0n) is 18.5. The first-order chi connectivity index (χ1) is 15.8. The Morgan fingerprint density at radius 3 is 2.42 bits per heavy atom. The summed E-state index contributed by atoms with van der Waals surface area (Å²) in [6.45, 7) is 1.53.